The second kappa shape index (κ2) is 8.02. The van der Waals surface area contributed by atoms with Crippen LogP contribution in [0.3, 0.4) is 0 Å². The zero-order valence-corrected chi connectivity index (χ0v) is 16.8. The van der Waals surface area contributed by atoms with E-state index in [2.05, 4.69) is 15.4 Å². The summed E-state index contributed by atoms with van der Waals surface area (Å²) in [4.78, 5) is 19.3. The van der Waals surface area contributed by atoms with Crippen molar-refractivity contribution in [3.05, 3.63) is 46.5 Å². The van der Waals surface area contributed by atoms with E-state index in [9.17, 15) is 4.79 Å². The molecule has 4 rings (SSSR count). The van der Waals surface area contributed by atoms with Gasteiger partial charge in [-0.1, -0.05) is 0 Å². The molecule has 146 valence electrons. The predicted octanol–water partition coefficient (Wildman–Crippen LogP) is 3.40. The van der Waals surface area contributed by atoms with Crippen LogP contribution in [0.25, 0.3) is 11.3 Å². The topological polar surface area (TPSA) is 72.3 Å². The summed E-state index contributed by atoms with van der Waals surface area (Å²) in [6, 6.07) is 5.54. The third kappa shape index (κ3) is 3.87. The fourth-order valence-corrected chi connectivity index (χ4v) is 4.07. The van der Waals surface area contributed by atoms with Gasteiger partial charge in [-0.05, 0) is 31.0 Å². The Balaban J connectivity index is 1.48. The number of anilines is 1. The van der Waals surface area contributed by atoms with E-state index in [1.165, 1.54) is 0 Å². The van der Waals surface area contributed by atoms with Crippen molar-refractivity contribution < 1.29 is 9.53 Å². The highest BCUT2D eigenvalue weighted by Crippen LogP contribution is 2.28. The molecule has 1 aliphatic heterocycles. The Morgan fingerprint density at radius 3 is 2.86 bits per heavy atom. The molecule has 0 atom stereocenters. The lowest BCUT2D eigenvalue weighted by molar-refractivity contribution is 0.0793. The summed E-state index contributed by atoms with van der Waals surface area (Å²) in [5.41, 5.74) is 3.40. The number of ether oxygens (including phenoxy) is 1. The Hall–Kier alpha value is -2.87. The lowest BCUT2D eigenvalue weighted by Gasteiger charge is -2.17. The van der Waals surface area contributed by atoms with Crippen LogP contribution in [-0.4, -0.2) is 45.8 Å². The molecule has 28 heavy (non-hydrogen) atoms. The fourth-order valence-electron chi connectivity index (χ4n) is 3.33. The average molecular weight is 398 g/mol. The number of rotatable bonds is 6. The van der Waals surface area contributed by atoms with Crippen molar-refractivity contribution in [3.63, 3.8) is 0 Å². The molecule has 1 aromatic carbocycles. The van der Waals surface area contributed by atoms with Crippen LogP contribution in [0.2, 0.25) is 0 Å². The van der Waals surface area contributed by atoms with E-state index in [-0.39, 0.29) is 5.91 Å². The standard InChI is InChI=1S/C20H23N5O2S/c1-24-12-15(10-22-24)17-13-28-19(23-17)11-21-16-9-14(5-6-18(16)27-2)20(26)25-7-3-4-8-25/h5-6,9-10,12-13,21H,3-4,7-8,11H2,1-2H3. The number of likely N-dealkylation sites (tertiary alicyclic amines) is 1. The molecule has 7 nitrogen and oxygen atoms in total. The summed E-state index contributed by atoms with van der Waals surface area (Å²) in [5.74, 6) is 0.790. The van der Waals surface area contributed by atoms with Gasteiger partial charge >= 0.3 is 0 Å². The molecule has 3 heterocycles. The summed E-state index contributed by atoms with van der Waals surface area (Å²) in [5, 5.41) is 10.5. The summed E-state index contributed by atoms with van der Waals surface area (Å²) in [7, 11) is 3.52. The summed E-state index contributed by atoms with van der Waals surface area (Å²) >= 11 is 1.59. The minimum atomic E-state index is 0.0799. The van der Waals surface area contributed by atoms with E-state index in [1.807, 2.05) is 47.9 Å². The second-order valence-corrected chi connectivity index (χ2v) is 7.74. The highest BCUT2D eigenvalue weighted by atomic mass is 32.1. The number of carbonyl (C=O) groups excluding carboxylic acids is 1. The van der Waals surface area contributed by atoms with Gasteiger partial charge < -0.3 is 15.0 Å². The van der Waals surface area contributed by atoms with Crippen molar-refractivity contribution >= 4 is 22.9 Å². The van der Waals surface area contributed by atoms with E-state index >= 15 is 0 Å². The number of aromatic nitrogens is 3. The van der Waals surface area contributed by atoms with Crippen LogP contribution < -0.4 is 10.1 Å². The molecular formula is C20H23N5O2S. The van der Waals surface area contributed by atoms with Crippen LogP contribution in [0, 0.1) is 0 Å². The molecule has 0 unspecified atom stereocenters. The van der Waals surface area contributed by atoms with Gasteiger partial charge in [0.15, 0.2) is 0 Å². The van der Waals surface area contributed by atoms with Gasteiger partial charge in [0.25, 0.3) is 5.91 Å². The van der Waals surface area contributed by atoms with E-state index < -0.39 is 0 Å². The van der Waals surface area contributed by atoms with Crippen LogP contribution in [-0.2, 0) is 13.6 Å². The molecular weight excluding hydrogens is 374 g/mol. The third-order valence-electron chi connectivity index (χ3n) is 4.82. The number of amides is 1. The van der Waals surface area contributed by atoms with Crippen molar-refractivity contribution in [3.8, 4) is 17.0 Å². The third-order valence-corrected chi connectivity index (χ3v) is 5.67. The fraction of sp³-hybridized carbons (Fsp3) is 0.350. The van der Waals surface area contributed by atoms with Crippen molar-refractivity contribution in [1.29, 1.82) is 0 Å². The molecule has 8 heteroatoms. The summed E-state index contributed by atoms with van der Waals surface area (Å²) < 4.78 is 7.22. The van der Waals surface area contributed by atoms with Crippen molar-refractivity contribution in [2.45, 2.75) is 19.4 Å². The lowest BCUT2D eigenvalue weighted by Crippen LogP contribution is -2.27. The number of hydrogen-bond acceptors (Lipinski definition) is 6. The molecule has 0 bridgehead atoms. The maximum atomic E-state index is 12.7. The summed E-state index contributed by atoms with van der Waals surface area (Å²) in [6.45, 7) is 2.23. The monoisotopic (exact) mass is 397 g/mol. The maximum absolute atomic E-state index is 12.7. The van der Waals surface area contributed by atoms with Crippen LogP contribution in [0.5, 0.6) is 5.75 Å². The average Bonchev–Trinajstić information content (AvgIpc) is 3.47. The smallest absolute Gasteiger partial charge is 0.253 e. The number of nitrogens with zero attached hydrogens (tertiary/aromatic N) is 4. The Labute approximate surface area is 168 Å². The quantitative estimate of drug-likeness (QED) is 0.690. The van der Waals surface area contributed by atoms with E-state index in [1.54, 1.807) is 23.1 Å². The molecule has 1 amide bonds. The van der Waals surface area contributed by atoms with Gasteiger partial charge in [-0.25, -0.2) is 4.98 Å². The Morgan fingerprint density at radius 1 is 1.32 bits per heavy atom. The zero-order chi connectivity index (χ0) is 19.5. The van der Waals surface area contributed by atoms with Crippen molar-refractivity contribution in [2.24, 2.45) is 7.05 Å². The van der Waals surface area contributed by atoms with Crippen molar-refractivity contribution in [2.75, 3.05) is 25.5 Å². The highest BCUT2D eigenvalue weighted by molar-refractivity contribution is 7.09. The number of methoxy groups -OCH3 is 1. The van der Waals surface area contributed by atoms with Crippen LogP contribution >= 0.6 is 11.3 Å². The van der Waals surface area contributed by atoms with E-state index in [0.29, 0.717) is 17.9 Å². The van der Waals surface area contributed by atoms with Gasteiger partial charge in [0, 0.05) is 42.8 Å². The van der Waals surface area contributed by atoms with Gasteiger partial charge in [0.2, 0.25) is 0 Å². The first-order valence-corrected chi connectivity index (χ1v) is 10.2. The normalized spacial score (nSPS) is 13.7. The number of nitrogens with one attached hydrogen (secondary N) is 1. The summed E-state index contributed by atoms with van der Waals surface area (Å²) in [6.07, 6.45) is 5.91. The molecule has 1 fully saturated rings. The molecule has 0 spiro atoms. The number of thiazole rings is 1. The predicted molar refractivity (Wildman–Crippen MR) is 110 cm³/mol. The van der Waals surface area contributed by atoms with E-state index in [0.717, 1.165) is 47.9 Å². The maximum Gasteiger partial charge on any atom is 0.253 e. The Kier molecular flexibility index (Phi) is 5.29. The lowest BCUT2D eigenvalue weighted by atomic mass is 10.1. The van der Waals surface area contributed by atoms with Gasteiger partial charge in [-0.3, -0.25) is 9.48 Å². The molecule has 0 saturated carbocycles. The molecule has 2 aromatic heterocycles. The van der Waals surface area contributed by atoms with Crippen molar-refractivity contribution in [1.82, 2.24) is 19.7 Å². The molecule has 1 N–H and O–H groups in total. The largest absolute Gasteiger partial charge is 0.495 e. The first kappa shape index (κ1) is 18.5. The van der Waals surface area contributed by atoms with E-state index in [4.69, 9.17) is 4.74 Å². The SMILES string of the molecule is COc1ccc(C(=O)N2CCCC2)cc1NCc1nc(-c2cnn(C)c2)cs1. The van der Waals surface area contributed by atoms with Gasteiger partial charge in [0.05, 0.1) is 31.2 Å². The molecule has 3 aromatic rings. The Morgan fingerprint density at radius 2 is 2.14 bits per heavy atom. The second-order valence-electron chi connectivity index (χ2n) is 6.80. The van der Waals surface area contributed by atoms with Gasteiger partial charge in [-0.15, -0.1) is 11.3 Å². The molecule has 0 aliphatic carbocycles. The zero-order valence-electron chi connectivity index (χ0n) is 16.0. The molecule has 1 aliphatic rings. The van der Waals surface area contributed by atoms with Crippen LogP contribution in [0.1, 0.15) is 28.2 Å². The van der Waals surface area contributed by atoms with Gasteiger partial charge in [0.1, 0.15) is 10.8 Å². The van der Waals surface area contributed by atoms with Crippen LogP contribution in [0.4, 0.5) is 5.69 Å². The number of benzene rings is 1. The molecule has 0 radical (unpaired) electrons. The number of carbonyl (C=O) groups is 1. The minimum Gasteiger partial charge on any atom is -0.495 e. The first-order valence-electron chi connectivity index (χ1n) is 9.28. The Bertz CT molecular complexity index is 975. The number of aryl methyl sites for hydroxylation is 1. The van der Waals surface area contributed by atoms with Crippen LogP contribution in [0.15, 0.2) is 36.0 Å². The van der Waals surface area contributed by atoms with Gasteiger partial charge in [-0.2, -0.15) is 5.10 Å². The number of hydrogen-bond donors (Lipinski definition) is 1. The minimum absolute atomic E-state index is 0.0799. The highest BCUT2D eigenvalue weighted by Gasteiger charge is 2.20. The molecule has 1 saturated heterocycles. The first-order chi connectivity index (χ1) is 13.6.